The van der Waals surface area contributed by atoms with Gasteiger partial charge in [0.25, 0.3) is 0 Å². The van der Waals surface area contributed by atoms with Gasteiger partial charge in [0.05, 0.1) is 0 Å². The van der Waals surface area contributed by atoms with Gasteiger partial charge in [-0.1, -0.05) is 239 Å². The molecule has 8 rings (SSSR count). The van der Waals surface area contributed by atoms with Crippen molar-refractivity contribution >= 4 is 21.6 Å². The van der Waals surface area contributed by atoms with Crippen LogP contribution in [-0.4, -0.2) is 0 Å². The molecular formula is C60H58S2. The van der Waals surface area contributed by atoms with E-state index in [1.807, 2.05) is 0 Å². The molecule has 62 heavy (non-hydrogen) atoms. The Morgan fingerprint density at radius 3 is 0.839 bits per heavy atom. The number of hydrogen-bond donors (Lipinski definition) is 0. The summed E-state index contributed by atoms with van der Waals surface area (Å²) in [6, 6.07) is 64.2. The third-order valence-electron chi connectivity index (χ3n) is 12.1. The molecule has 0 aromatic heterocycles. The summed E-state index contributed by atoms with van der Waals surface area (Å²) < 4.78 is 0. The van der Waals surface area contributed by atoms with E-state index >= 15 is 0 Å². The van der Waals surface area contributed by atoms with E-state index in [2.05, 4.69) is 247 Å². The predicted octanol–water partition coefficient (Wildman–Crippen LogP) is 18.5. The third kappa shape index (κ3) is 9.29. The highest BCUT2D eigenvalue weighted by Crippen LogP contribution is 2.55. The Morgan fingerprint density at radius 1 is 0.306 bits per heavy atom. The van der Waals surface area contributed by atoms with Crippen LogP contribution in [0.3, 0.4) is 0 Å². The summed E-state index contributed by atoms with van der Waals surface area (Å²) in [6.45, 7) is 18.0. The molecule has 2 atom stereocenters. The Labute approximate surface area is 379 Å². The van der Waals surface area contributed by atoms with Gasteiger partial charge in [0.1, 0.15) is 0 Å². The van der Waals surface area contributed by atoms with E-state index in [1.54, 1.807) is 0 Å². The predicted molar refractivity (Wildman–Crippen MR) is 275 cm³/mol. The minimum Gasteiger partial charge on any atom is -0.0853 e. The molecule has 0 aliphatic heterocycles. The molecule has 0 aliphatic rings. The minimum atomic E-state index is 0.255. The lowest BCUT2D eigenvalue weighted by molar-refractivity contribution is 0.895. The second-order valence-corrected chi connectivity index (χ2v) is 19.8. The lowest BCUT2D eigenvalue weighted by Gasteiger charge is -2.27. The van der Waals surface area contributed by atoms with E-state index in [9.17, 15) is 0 Å². The fourth-order valence-corrected chi connectivity index (χ4v) is 12.5. The molecule has 8 aromatic rings. The second kappa shape index (κ2) is 19.2. The molecule has 0 bridgehead atoms. The highest BCUT2D eigenvalue weighted by molar-refractivity contribution is 8.76. The lowest BCUT2D eigenvalue weighted by atomic mass is 9.83. The number of aryl methyl sites for hydroxylation is 6. The van der Waals surface area contributed by atoms with Crippen molar-refractivity contribution in [3.05, 3.63) is 214 Å². The second-order valence-electron chi connectivity index (χ2n) is 17.1. The van der Waals surface area contributed by atoms with Crippen molar-refractivity contribution < 1.29 is 0 Å². The van der Waals surface area contributed by atoms with Crippen molar-refractivity contribution in [1.29, 1.82) is 0 Å². The highest BCUT2D eigenvalue weighted by atomic mass is 33.1. The van der Waals surface area contributed by atoms with Gasteiger partial charge < -0.3 is 0 Å². The Kier molecular flexibility index (Phi) is 13.4. The molecule has 0 nitrogen and oxygen atoms in total. The molecule has 0 saturated heterocycles. The van der Waals surface area contributed by atoms with E-state index in [1.165, 1.54) is 111 Å². The van der Waals surface area contributed by atoms with Gasteiger partial charge in [0, 0.05) is 10.5 Å². The summed E-state index contributed by atoms with van der Waals surface area (Å²) in [6.07, 6.45) is 2.02. The first-order chi connectivity index (χ1) is 30.1. The largest absolute Gasteiger partial charge is 0.0853 e. The summed E-state index contributed by atoms with van der Waals surface area (Å²) >= 11 is 0. The van der Waals surface area contributed by atoms with E-state index in [0.29, 0.717) is 0 Å². The zero-order chi connectivity index (χ0) is 43.3. The van der Waals surface area contributed by atoms with Gasteiger partial charge in [-0.3, -0.25) is 0 Å². The fourth-order valence-electron chi connectivity index (χ4n) is 9.12. The average Bonchev–Trinajstić information content (AvgIpc) is 3.27. The monoisotopic (exact) mass is 842 g/mol. The highest BCUT2D eigenvalue weighted by Gasteiger charge is 2.27. The van der Waals surface area contributed by atoms with Gasteiger partial charge in [0.15, 0.2) is 0 Å². The first-order valence-electron chi connectivity index (χ1n) is 22.2. The van der Waals surface area contributed by atoms with E-state index < -0.39 is 0 Å². The molecule has 310 valence electrons. The Hall–Kier alpha value is -5.54. The SMILES string of the molecule is CC[C@@H](SS[C@H](CC)c1ccc(-c2cccc(C)c2)c(-c2cccc(C)c2)c1-c1cccc(C)c1)c1ccc(-c2cccc(C)c2)c(-c2cccc(C)c2)c1-c1cccc(C)c1. The molecule has 0 radical (unpaired) electrons. The molecule has 0 N–H and O–H groups in total. The molecule has 0 fully saturated rings. The Morgan fingerprint density at radius 2 is 0.565 bits per heavy atom. The molecule has 0 heterocycles. The van der Waals surface area contributed by atoms with Gasteiger partial charge in [-0.15, -0.1) is 0 Å². The number of rotatable bonds is 13. The van der Waals surface area contributed by atoms with Crippen LogP contribution in [0.5, 0.6) is 0 Å². The maximum absolute atomic E-state index is 2.45. The van der Waals surface area contributed by atoms with Crippen molar-refractivity contribution in [2.24, 2.45) is 0 Å². The average molecular weight is 843 g/mol. The van der Waals surface area contributed by atoms with Crippen LogP contribution in [-0.2, 0) is 0 Å². The summed E-state index contributed by atoms with van der Waals surface area (Å²) in [7, 11) is 4.11. The maximum atomic E-state index is 2.45. The first-order valence-corrected chi connectivity index (χ1v) is 24.5. The smallest absolute Gasteiger partial charge is 0.0405 e. The molecule has 0 spiro atoms. The minimum absolute atomic E-state index is 0.255. The summed E-state index contributed by atoms with van der Waals surface area (Å²) in [5.74, 6) is 0. The molecule has 0 aliphatic carbocycles. The van der Waals surface area contributed by atoms with Crippen LogP contribution in [0, 0.1) is 41.5 Å². The summed E-state index contributed by atoms with van der Waals surface area (Å²) in [5.41, 5.74) is 25.9. The van der Waals surface area contributed by atoms with Crippen LogP contribution in [0.4, 0.5) is 0 Å². The molecule has 0 saturated carbocycles. The lowest BCUT2D eigenvalue weighted by Crippen LogP contribution is -2.03. The quantitative estimate of drug-likeness (QED) is 0.106. The van der Waals surface area contributed by atoms with Crippen molar-refractivity contribution in [3.63, 3.8) is 0 Å². The Balaban J connectivity index is 1.30. The van der Waals surface area contributed by atoms with Gasteiger partial charge in [-0.05, 0) is 132 Å². The molecule has 8 aromatic carbocycles. The van der Waals surface area contributed by atoms with Crippen LogP contribution >= 0.6 is 21.6 Å². The summed E-state index contributed by atoms with van der Waals surface area (Å²) in [5, 5.41) is 0.509. The van der Waals surface area contributed by atoms with Crippen LogP contribution in [0.2, 0.25) is 0 Å². The van der Waals surface area contributed by atoms with Crippen LogP contribution < -0.4 is 0 Å². The first kappa shape index (κ1) is 43.1. The standard InChI is InChI=1S/C60H58S2/c1-9-55(53-31-29-51(45-23-11-17-39(3)33-45)57(47-25-13-19-41(5)35-47)59(53)49-27-15-21-43(7)37-49)61-62-56(10-2)54-32-30-52(46-24-12-18-40(4)34-46)58(48-26-14-20-42(6)36-48)60(54)50-28-16-22-44(8)38-50/h11-38,55-56H,9-10H2,1-8H3/t55-,56-/m1/s1. The van der Waals surface area contributed by atoms with Gasteiger partial charge in [-0.25, -0.2) is 0 Å². The van der Waals surface area contributed by atoms with E-state index in [0.717, 1.165) is 12.8 Å². The van der Waals surface area contributed by atoms with Gasteiger partial charge >= 0.3 is 0 Å². The maximum Gasteiger partial charge on any atom is 0.0405 e. The van der Waals surface area contributed by atoms with Gasteiger partial charge in [-0.2, -0.15) is 0 Å². The van der Waals surface area contributed by atoms with Crippen molar-refractivity contribution in [2.75, 3.05) is 0 Å². The third-order valence-corrected chi connectivity index (χ3v) is 15.6. The van der Waals surface area contributed by atoms with E-state index in [4.69, 9.17) is 0 Å². The van der Waals surface area contributed by atoms with E-state index in [-0.39, 0.29) is 10.5 Å². The number of benzene rings is 8. The molecular weight excluding hydrogens is 785 g/mol. The van der Waals surface area contributed by atoms with Crippen molar-refractivity contribution in [2.45, 2.75) is 78.7 Å². The molecule has 0 amide bonds. The number of hydrogen-bond acceptors (Lipinski definition) is 2. The van der Waals surface area contributed by atoms with Gasteiger partial charge in [0.2, 0.25) is 0 Å². The zero-order valence-corrected chi connectivity index (χ0v) is 39.2. The molecule has 2 heteroatoms. The summed E-state index contributed by atoms with van der Waals surface area (Å²) in [4.78, 5) is 0. The van der Waals surface area contributed by atoms with Crippen molar-refractivity contribution in [1.82, 2.24) is 0 Å². The fraction of sp³-hybridized carbons (Fsp3) is 0.200. The Bertz CT molecular complexity index is 2670. The van der Waals surface area contributed by atoms with Crippen LogP contribution in [0.25, 0.3) is 66.8 Å². The topological polar surface area (TPSA) is 0 Å². The normalized spacial score (nSPS) is 12.3. The van der Waals surface area contributed by atoms with Crippen LogP contribution in [0.15, 0.2) is 170 Å². The van der Waals surface area contributed by atoms with Crippen LogP contribution in [0.1, 0.15) is 81.7 Å². The molecule has 0 unspecified atom stereocenters. The zero-order valence-electron chi connectivity index (χ0n) is 37.6. The van der Waals surface area contributed by atoms with Crippen molar-refractivity contribution in [3.8, 4) is 66.8 Å².